The number of ether oxygens (including phenoxy) is 6. The first kappa shape index (κ1) is 102. The van der Waals surface area contributed by atoms with Gasteiger partial charge in [-0.15, -0.1) is 0 Å². The minimum Gasteiger partial charge on any atom is -0.440 e. The predicted octanol–water partition coefficient (Wildman–Crippen LogP) is 21.0. The molecule has 0 N–H and O–H groups in total. The Morgan fingerprint density at radius 1 is 0.379 bits per heavy atom. The van der Waals surface area contributed by atoms with Gasteiger partial charge in [0.1, 0.15) is 57.8 Å². The Morgan fingerprint density at radius 3 is 0.944 bits per heavy atom. The quantitative estimate of drug-likeness (QED) is 0.0440. The second-order valence-corrected chi connectivity index (χ2v) is 37.3. The van der Waals surface area contributed by atoms with Gasteiger partial charge in [-0.2, -0.15) is 0 Å². The number of halogens is 2. The third-order valence-corrected chi connectivity index (χ3v) is 24.2. The molecule has 6 aliphatic heterocycles. The highest BCUT2D eigenvalue weighted by atomic mass is 79.9. The average molecular weight is 1830 g/mol. The zero-order valence-corrected chi connectivity index (χ0v) is 76.9. The van der Waals surface area contributed by atoms with Crippen LogP contribution in [0, 0.1) is 13.8 Å². The second kappa shape index (κ2) is 41.3. The first-order chi connectivity index (χ1) is 56.5. The normalized spacial score (nSPS) is 20.9. The van der Waals surface area contributed by atoms with Gasteiger partial charge in [-0.25, -0.2) is 34.1 Å². The molecule has 8 aromatic rings. The number of rotatable bonds is 18. The second-order valence-electron chi connectivity index (χ2n) is 35.6. The molecule has 2 aromatic heterocycles. The molecule has 0 saturated carbocycles. The highest BCUT2D eigenvalue weighted by molar-refractivity contribution is 9.10. The van der Waals surface area contributed by atoms with E-state index in [0.29, 0.717) is 0 Å². The Bertz CT molecular complexity index is 4770. The van der Waals surface area contributed by atoms with E-state index in [0.717, 1.165) is 64.7 Å². The van der Waals surface area contributed by atoms with Gasteiger partial charge in [0.15, 0.2) is 0 Å². The number of hydrogen-bond acceptors (Lipinski definition) is 20. The molecule has 0 bridgehead atoms. The number of hydrogen-bond donors (Lipinski definition) is 0. The van der Waals surface area contributed by atoms with Crippen LogP contribution in [0.3, 0.4) is 0 Å². The molecule has 3 unspecified atom stereocenters. The third-order valence-electron chi connectivity index (χ3n) is 23.2. The molecule has 0 radical (unpaired) electrons. The maximum absolute atomic E-state index is 13.3. The highest BCUT2D eigenvalue weighted by Crippen LogP contribution is 2.47. The molecule has 6 aliphatic rings. The van der Waals surface area contributed by atoms with E-state index in [1.807, 2.05) is 339 Å². The molecule has 0 aliphatic carbocycles. The van der Waals surface area contributed by atoms with E-state index in [9.17, 15) is 28.8 Å². The van der Waals surface area contributed by atoms with Gasteiger partial charge >= 0.3 is 39.4 Å². The standard InChI is InChI=1S/C27H34BNO6.C27H28N2O4.C21H22BrNO4.C12H24B2O4.C6H6BrN.3CH4/c1-18(23(30)29-22(20-11-9-8-10-12-20)25(2,3)33-24(29)31)32-17-19-13-15-21(16-14-19)28-34-26(4,5)27(6,7)35-28;1-18-10-15-23(28-16-18)21-13-11-20(12-14-21)17-32-19(2)25(30)29-24(22-8-6-5-7-9-22)27(3,4)33-26(29)31;1-14(26-13-15-9-11-17(22)12-10-15)19(24)23-18(16-7-5-4-6-8-16)21(2,3)27-20(23)25;1-9(2)10(3,4)16-13(15-9)14-17-11(5,6)12(7,8)18-14;1-5-2-3-6(7)8-4-5;;;/h8-16,18,22H,17H2,1-7H3;5-16,19,24H,17H2,1-4H3;4-12,14,18H,13H2,1-3H3;1-8H3;2-4H,1H3;3*1H4/t18?,22-;19?,24-;14?,18-;;;;;/m000...../s1. The SMILES string of the molecule is C.C.C.CC(OCc1ccc(B2OC(C)(C)C(C)(C)O2)cc1)C(=O)N1C(=O)OC(C)(C)[C@@H]1c1ccccc1.CC(OCc1ccc(Br)cc1)C(=O)N1C(=O)OC(C)(C)[C@@H]1c1ccccc1.CC1(C)OB(B2OC(C)(C)C(C)(C)O2)OC1(C)C.Cc1ccc(-c2ccc(COC(C)C(=O)N3C(=O)OC(C)(C)[C@@H]3c3ccccc3)cc2)nc1.Cc1ccc(Br)nc1. The monoisotopic (exact) mass is 1830 g/mol. The number of cyclic esters (lactones) is 3. The van der Waals surface area contributed by atoms with E-state index in [2.05, 4.69) is 41.8 Å². The number of carbonyl (C=O) groups is 6. The van der Waals surface area contributed by atoms with E-state index >= 15 is 0 Å². The van der Waals surface area contributed by atoms with Crippen LogP contribution in [0.15, 0.2) is 210 Å². The Labute approximate surface area is 753 Å². The van der Waals surface area contributed by atoms with Crippen molar-refractivity contribution in [2.45, 2.75) is 288 Å². The fourth-order valence-electron chi connectivity index (χ4n) is 14.1. The molecule has 14 rings (SSSR count). The van der Waals surface area contributed by atoms with E-state index in [-0.39, 0.29) is 64.5 Å². The lowest BCUT2D eigenvalue weighted by Crippen LogP contribution is -2.43. The van der Waals surface area contributed by atoms with Crippen molar-refractivity contribution in [3.8, 4) is 11.3 Å². The van der Waals surface area contributed by atoms with Crippen LogP contribution in [0.1, 0.15) is 230 Å². The van der Waals surface area contributed by atoms with Gasteiger partial charge in [-0.1, -0.05) is 202 Å². The Balaban J connectivity index is 0.000000223. The molecule has 6 atom stereocenters. The molecular weight excluding hydrogens is 1700 g/mol. The Kier molecular flexibility index (Phi) is 34.1. The van der Waals surface area contributed by atoms with Crippen LogP contribution >= 0.6 is 31.9 Å². The zero-order chi connectivity index (χ0) is 88.8. The summed E-state index contributed by atoms with van der Waals surface area (Å²) in [7, 11) is -1.39. The number of aromatic nitrogens is 2. The van der Waals surface area contributed by atoms with Gasteiger partial charge in [-0.05, 0) is 249 Å². The van der Waals surface area contributed by atoms with Crippen molar-refractivity contribution in [2.75, 3.05) is 0 Å². The topological polar surface area (TPSA) is 249 Å². The number of nitrogens with zero attached hydrogens (tertiary/aromatic N) is 5. The van der Waals surface area contributed by atoms with Crippen molar-refractivity contribution in [2.24, 2.45) is 0 Å². The molecule has 6 saturated heterocycles. The maximum atomic E-state index is 13.3. The largest absolute Gasteiger partial charge is 0.494 e. The number of benzene rings is 6. The van der Waals surface area contributed by atoms with Crippen molar-refractivity contribution < 1.29 is 85.1 Å². The molecular formula is C96H126B3Br2N5O18. The Morgan fingerprint density at radius 2 is 0.661 bits per heavy atom. The number of aryl methyl sites for hydroxylation is 2. The molecule has 0 spiro atoms. The molecule has 6 fully saturated rings. The summed E-state index contributed by atoms with van der Waals surface area (Å²) in [6.07, 6.45) is -0.696. The van der Waals surface area contributed by atoms with E-state index < -0.39 is 122 Å². The first-order valence-electron chi connectivity index (χ1n) is 40.7. The summed E-state index contributed by atoms with van der Waals surface area (Å²) in [6.45, 7) is 44.9. The summed E-state index contributed by atoms with van der Waals surface area (Å²) in [5, 5.41) is 0. The minimum atomic E-state index is -0.850. The van der Waals surface area contributed by atoms with Crippen LogP contribution in [-0.2, 0) is 90.6 Å². The van der Waals surface area contributed by atoms with Gasteiger partial charge in [0.05, 0.1) is 59.1 Å². The van der Waals surface area contributed by atoms with Crippen LogP contribution in [-0.4, -0.2) is 151 Å². The van der Waals surface area contributed by atoms with E-state index in [1.165, 1.54) is 20.3 Å². The lowest BCUT2D eigenvalue weighted by Gasteiger charge is -2.32. The van der Waals surface area contributed by atoms with Gasteiger partial charge in [0.25, 0.3) is 17.7 Å². The van der Waals surface area contributed by atoms with Crippen molar-refractivity contribution in [1.29, 1.82) is 0 Å². The first-order valence-corrected chi connectivity index (χ1v) is 42.3. The molecule has 666 valence electrons. The van der Waals surface area contributed by atoms with Crippen LogP contribution in [0.4, 0.5) is 14.4 Å². The number of imide groups is 3. The summed E-state index contributed by atoms with van der Waals surface area (Å²) in [5.74, 6) is -1.25. The summed E-state index contributed by atoms with van der Waals surface area (Å²) < 4.78 is 71.9. The lowest BCUT2D eigenvalue weighted by molar-refractivity contribution is -0.142. The van der Waals surface area contributed by atoms with Crippen molar-refractivity contribution >= 4 is 94.5 Å². The minimum absolute atomic E-state index is 0. The summed E-state index contributed by atoms with van der Waals surface area (Å²) in [6, 6.07) is 58.0. The molecule has 6 aromatic carbocycles. The average Bonchev–Trinajstić information content (AvgIpc) is 1.75. The summed E-state index contributed by atoms with van der Waals surface area (Å²) in [5.41, 5.74) is 5.67. The number of pyridine rings is 2. The van der Waals surface area contributed by atoms with Gasteiger partial charge in [0, 0.05) is 22.4 Å². The van der Waals surface area contributed by atoms with Crippen molar-refractivity contribution in [3.05, 3.63) is 254 Å². The van der Waals surface area contributed by atoms with Crippen molar-refractivity contribution in [1.82, 2.24) is 24.7 Å². The number of carbonyl (C=O) groups excluding carboxylic acids is 6. The molecule has 124 heavy (non-hydrogen) atoms. The summed E-state index contributed by atoms with van der Waals surface area (Å²) >= 11 is 6.62. The smallest absolute Gasteiger partial charge is 0.440 e. The summed E-state index contributed by atoms with van der Waals surface area (Å²) in [4.78, 5) is 89.2. The molecule has 6 amide bonds. The maximum Gasteiger partial charge on any atom is 0.494 e. The van der Waals surface area contributed by atoms with E-state index in [1.54, 1.807) is 20.8 Å². The number of amides is 6. The molecule has 8 heterocycles. The lowest BCUT2D eigenvalue weighted by atomic mass is 9.49. The third kappa shape index (κ3) is 24.3. The fourth-order valence-corrected chi connectivity index (χ4v) is 14.6. The van der Waals surface area contributed by atoms with Gasteiger partial charge in [0.2, 0.25) is 0 Å². The predicted molar refractivity (Wildman–Crippen MR) is 492 cm³/mol. The van der Waals surface area contributed by atoms with Crippen LogP contribution in [0.2, 0.25) is 0 Å². The van der Waals surface area contributed by atoms with E-state index in [4.69, 9.17) is 56.3 Å². The molecule has 23 nitrogen and oxygen atoms in total. The molecule has 28 heteroatoms. The van der Waals surface area contributed by atoms with Crippen LogP contribution in [0.5, 0.6) is 0 Å². The fraction of sp³-hybridized carbons (Fsp3) is 0.458. The van der Waals surface area contributed by atoms with Crippen LogP contribution < -0.4 is 5.46 Å². The Hall–Kier alpha value is -8.77. The van der Waals surface area contributed by atoms with Gasteiger partial charge < -0.3 is 56.3 Å². The zero-order valence-electron chi connectivity index (χ0n) is 73.7. The highest BCUT2D eigenvalue weighted by Gasteiger charge is 2.64. The van der Waals surface area contributed by atoms with Crippen molar-refractivity contribution in [3.63, 3.8) is 0 Å². The van der Waals surface area contributed by atoms with Crippen LogP contribution in [0.25, 0.3) is 11.3 Å². The van der Waals surface area contributed by atoms with Gasteiger partial charge in [-0.3, -0.25) is 19.4 Å².